The van der Waals surface area contributed by atoms with Crippen molar-refractivity contribution in [3.8, 4) is 22.6 Å². The zero-order valence-corrected chi connectivity index (χ0v) is 17.5. The number of halogens is 1. The lowest BCUT2D eigenvalue weighted by Gasteiger charge is -2.20. The normalized spacial score (nSPS) is 11.8. The van der Waals surface area contributed by atoms with Crippen LogP contribution in [-0.2, 0) is 5.41 Å². The predicted molar refractivity (Wildman–Crippen MR) is 109 cm³/mol. The Labute approximate surface area is 150 Å². The Morgan fingerprint density at radius 1 is 0.913 bits per heavy atom. The summed E-state index contributed by atoms with van der Waals surface area (Å²) in [5, 5.41) is 0. The van der Waals surface area contributed by atoms with Gasteiger partial charge in [-0.15, -0.1) is 5.54 Å². The summed E-state index contributed by atoms with van der Waals surface area (Å²) >= 11 is 3.76. The minimum Gasteiger partial charge on any atom is -0.127 e. The summed E-state index contributed by atoms with van der Waals surface area (Å²) in [5.41, 5.74) is 8.48. The molecular formula is C21H25BrSi. The van der Waals surface area contributed by atoms with E-state index in [2.05, 4.69) is 110 Å². The fourth-order valence-corrected chi connectivity index (χ4v) is 3.38. The second-order valence-electron chi connectivity index (χ2n) is 7.99. The first-order valence-electron chi connectivity index (χ1n) is 8.00. The van der Waals surface area contributed by atoms with Gasteiger partial charge in [0.25, 0.3) is 0 Å². The van der Waals surface area contributed by atoms with E-state index in [1.807, 2.05) is 0 Å². The Bertz CT molecular complexity index is 765. The molecule has 0 radical (unpaired) electrons. The minimum atomic E-state index is -1.38. The smallest absolute Gasteiger partial charge is 0.127 e. The lowest BCUT2D eigenvalue weighted by molar-refractivity contribution is 0.590. The molecule has 23 heavy (non-hydrogen) atoms. The monoisotopic (exact) mass is 384 g/mol. The molecule has 0 aliphatic rings. The Morgan fingerprint density at radius 2 is 1.57 bits per heavy atom. The molecule has 0 aliphatic carbocycles. The SMILES string of the molecule is CC(C)(C)c1ccc(-c2ccccc2C#C[Si](C)(C)C)c(Br)c1. The number of rotatable bonds is 1. The predicted octanol–water partition coefficient (Wildman–Crippen LogP) is 6.64. The van der Waals surface area contributed by atoms with Gasteiger partial charge in [0.15, 0.2) is 0 Å². The van der Waals surface area contributed by atoms with Crippen molar-refractivity contribution in [3.63, 3.8) is 0 Å². The van der Waals surface area contributed by atoms with Gasteiger partial charge < -0.3 is 0 Å². The molecule has 0 bridgehead atoms. The average molecular weight is 385 g/mol. The van der Waals surface area contributed by atoms with Crippen LogP contribution < -0.4 is 0 Å². The van der Waals surface area contributed by atoms with Gasteiger partial charge in [-0.25, -0.2) is 0 Å². The molecular weight excluding hydrogens is 360 g/mol. The fraction of sp³-hybridized carbons (Fsp3) is 0.333. The van der Waals surface area contributed by atoms with Crippen molar-refractivity contribution in [1.82, 2.24) is 0 Å². The maximum atomic E-state index is 3.76. The van der Waals surface area contributed by atoms with Gasteiger partial charge in [0.1, 0.15) is 8.07 Å². The molecule has 0 spiro atoms. The first-order valence-corrected chi connectivity index (χ1v) is 12.3. The first-order chi connectivity index (χ1) is 10.6. The van der Waals surface area contributed by atoms with E-state index in [1.165, 1.54) is 16.7 Å². The van der Waals surface area contributed by atoms with Gasteiger partial charge in [-0.2, -0.15) is 0 Å². The van der Waals surface area contributed by atoms with Gasteiger partial charge in [-0.1, -0.05) is 92.6 Å². The molecule has 0 saturated carbocycles. The zero-order valence-electron chi connectivity index (χ0n) is 14.9. The Morgan fingerprint density at radius 3 is 2.13 bits per heavy atom. The maximum absolute atomic E-state index is 3.76. The minimum absolute atomic E-state index is 0.151. The lowest BCUT2D eigenvalue weighted by atomic mass is 9.86. The molecule has 0 saturated heterocycles. The van der Waals surface area contributed by atoms with Crippen LogP contribution in [0.5, 0.6) is 0 Å². The summed E-state index contributed by atoms with van der Waals surface area (Å²) in [6.45, 7) is 13.5. The highest BCUT2D eigenvalue weighted by atomic mass is 79.9. The van der Waals surface area contributed by atoms with E-state index in [9.17, 15) is 0 Å². The summed E-state index contributed by atoms with van der Waals surface area (Å²) in [6, 6.07) is 15.1. The molecule has 0 aliphatic heterocycles. The molecule has 2 aromatic rings. The van der Waals surface area contributed by atoms with Crippen LogP contribution in [0.1, 0.15) is 31.9 Å². The fourth-order valence-electron chi connectivity index (χ4n) is 2.28. The van der Waals surface area contributed by atoms with Crippen molar-refractivity contribution >= 4 is 24.0 Å². The Hall–Kier alpha value is -1.30. The molecule has 0 heterocycles. The van der Waals surface area contributed by atoms with Crippen molar-refractivity contribution in [2.45, 2.75) is 45.8 Å². The second kappa shape index (κ2) is 6.67. The second-order valence-corrected chi connectivity index (χ2v) is 13.6. The third kappa shape index (κ3) is 4.83. The largest absolute Gasteiger partial charge is 0.129 e. The van der Waals surface area contributed by atoms with Crippen LogP contribution in [-0.4, -0.2) is 8.07 Å². The highest BCUT2D eigenvalue weighted by Crippen LogP contribution is 2.34. The van der Waals surface area contributed by atoms with E-state index in [-0.39, 0.29) is 5.41 Å². The number of hydrogen-bond acceptors (Lipinski definition) is 0. The van der Waals surface area contributed by atoms with Crippen LogP contribution in [0.2, 0.25) is 19.6 Å². The van der Waals surface area contributed by atoms with Crippen LogP contribution in [0.3, 0.4) is 0 Å². The van der Waals surface area contributed by atoms with E-state index in [0.29, 0.717) is 0 Å². The van der Waals surface area contributed by atoms with Crippen molar-refractivity contribution < 1.29 is 0 Å². The highest BCUT2D eigenvalue weighted by Gasteiger charge is 2.16. The Balaban J connectivity index is 2.53. The van der Waals surface area contributed by atoms with Crippen LogP contribution in [0, 0.1) is 11.5 Å². The van der Waals surface area contributed by atoms with E-state index < -0.39 is 8.07 Å². The van der Waals surface area contributed by atoms with Crippen molar-refractivity contribution in [3.05, 3.63) is 58.1 Å². The van der Waals surface area contributed by atoms with Gasteiger partial charge in [-0.3, -0.25) is 0 Å². The van der Waals surface area contributed by atoms with Gasteiger partial charge in [-0.05, 0) is 34.2 Å². The molecule has 0 atom stereocenters. The standard InChI is InChI=1S/C21H25BrSi/c1-21(2,3)17-11-12-19(20(22)15-17)18-10-8-7-9-16(18)13-14-23(4,5)6/h7-12,15H,1-6H3. The molecule has 0 fully saturated rings. The van der Waals surface area contributed by atoms with Gasteiger partial charge in [0.05, 0.1) is 0 Å². The van der Waals surface area contributed by atoms with Crippen LogP contribution in [0.25, 0.3) is 11.1 Å². The molecule has 0 nitrogen and oxygen atoms in total. The average Bonchev–Trinajstić information content (AvgIpc) is 2.44. The molecule has 2 heteroatoms. The first kappa shape index (κ1) is 18.0. The Kier molecular flexibility index (Phi) is 5.23. The summed E-state index contributed by atoms with van der Waals surface area (Å²) < 4.78 is 1.13. The highest BCUT2D eigenvalue weighted by molar-refractivity contribution is 9.10. The van der Waals surface area contributed by atoms with E-state index in [0.717, 1.165) is 10.0 Å². The van der Waals surface area contributed by atoms with E-state index in [1.54, 1.807) is 0 Å². The van der Waals surface area contributed by atoms with Crippen molar-refractivity contribution in [2.24, 2.45) is 0 Å². The van der Waals surface area contributed by atoms with E-state index in [4.69, 9.17) is 0 Å². The summed E-state index contributed by atoms with van der Waals surface area (Å²) in [6.07, 6.45) is 0. The third-order valence-electron chi connectivity index (χ3n) is 3.62. The van der Waals surface area contributed by atoms with Crippen LogP contribution in [0.15, 0.2) is 46.9 Å². The topological polar surface area (TPSA) is 0 Å². The van der Waals surface area contributed by atoms with E-state index >= 15 is 0 Å². The summed E-state index contributed by atoms with van der Waals surface area (Å²) in [7, 11) is -1.38. The third-order valence-corrected chi connectivity index (χ3v) is 5.16. The summed E-state index contributed by atoms with van der Waals surface area (Å²) in [4.78, 5) is 0. The molecule has 0 aromatic heterocycles. The lowest BCUT2D eigenvalue weighted by Crippen LogP contribution is -2.16. The number of hydrogen-bond donors (Lipinski definition) is 0. The number of benzene rings is 2. The quantitative estimate of drug-likeness (QED) is 0.381. The zero-order chi connectivity index (χ0) is 17.3. The van der Waals surface area contributed by atoms with Gasteiger partial charge in [0.2, 0.25) is 0 Å². The van der Waals surface area contributed by atoms with Crippen molar-refractivity contribution in [2.75, 3.05) is 0 Å². The maximum Gasteiger partial charge on any atom is 0.129 e. The molecule has 120 valence electrons. The van der Waals surface area contributed by atoms with Crippen LogP contribution in [0.4, 0.5) is 0 Å². The summed E-state index contributed by atoms with van der Waals surface area (Å²) in [5.74, 6) is 3.41. The van der Waals surface area contributed by atoms with Crippen molar-refractivity contribution in [1.29, 1.82) is 0 Å². The van der Waals surface area contributed by atoms with Gasteiger partial charge >= 0.3 is 0 Å². The molecule has 0 N–H and O–H groups in total. The van der Waals surface area contributed by atoms with Gasteiger partial charge in [0, 0.05) is 10.0 Å². The molecule has 0 amide bonds. The van der Waals surface area contributed by atoms with Crippen LogP contribution >= 0.6 is 15.9 Å². The molecule has 0 unspecified atom stereocenters. The molecule has 2 rings (SSSR count). The molecule has 2 aromatic carbocycles.